The highest BCUT2D eigenvalue weighted by Gasteiger charge is 2.05. The van der Waals surface area contributed by atoms with E-state index in [0.29, 0.717) is 12.5 Å². The maximum absolute atomic E-state index is 11.1. The van der Waals surface area contributed by atoms with Crippen molar-refractivity contribution in [1.82, 2.24) is 9.62 Å². The van der Waals surface area contributed by atoms with Gasteiger partial charge in [-0.2, -0.15) is 0 Å². The Bertz CT molecular complexity index is 315. The minimum absolute atomic E-state index is 0. The number of halogens is 1. The predicted octanol–water partition coefficient (Wildman–Crippen LogP) is 0.200. The average molecular weight is 378 g/mol. The number of hydrogen-bond donors (Lipinski definition) is 2. The summed E-state index contributed by atoms with van der Waals surface area (Å²) in [5.74, 6) is 0.545. The molecule has 0 aromatic rings. The number of nitrogens with zero attached hydrogens (tertiary/aromatic N) is 2. The van der Waals surface area contributed by atoms with Gasteiger partial charge in [-0.25, -0.2) is 13.1 Å². The Morgan fingerprint density at radius 1 is 1.29 bits per heavy atom. The molecule has 0 aliphatic carbocycles. The van der Waals surface area contributed by atoms with Crippen molar-refractivity contribution in [2.24, 2.45) is 10.7 Å². The van der Waals surface area contributed by atoms with Crippen LogP contribution >= 0.6 is 24.0 Å². The van der Waals surface area contributed by atoms with Gasteiger partial charge >= 0.3 is 0 Å². The molecule has 6 nitrogen and oxygen atoms in total. The third kappa shape index (κ3) is 8.61. The van der Waals surface area contributed by atoms with E-state index in [-0.39, 0.29) is 36.3 Å². The first-order chi connectivity index (χ1) is 7.46. The van der Waals surface area contributed by atoms with Gasteiger partial charge in [0, 0.05) is 19.6 Å². The zero-order chi connectivity index (χ0) is 12.6. The summed E-state index contributed by atoms with van der Waals surface area (Å²) in [7, 11) is -3.12. The van der Waals surface area contributed by atoms with Crippen LogP contribution in [0.15, 0.2) is 4.99 Å². The molecule has 104 valence electrons. The molecule has 0 aromatic heterocycles. The number of aliphatic imine (C=N–C) groups is 1. The molecule has 0 radical (unpaired) electrons. The van der Waals surface area contributed by atoms with Crippen LogP contribution in [0.4, 0.5) is 0 Å². The van der Waals surface area contributed by atoms with Crippen molar-refractivity contribution in [3.63, 3.8) is 0 Å². The molecule has 0 bridgehead atoms. The third-order valence-electron chi connectivity index (χ3n) is 2.18. The lowest BCUT2D eigenvalue weighted by Crippen LogP contribution is -2.37. The van der Waals surface area contributed by atoms with Gasteiger partial charge in [0.1, 0.15) is 0 Å². The van der Waals surface area contributed by atoms with Crippen LogP contribution in [0, 0.1) is 0 Å². The molecule has 0 rings (SSSR count). The van der Waals surface area contributed by atoms with Crippen molar-refractivity contribution in [1.29, 1.82) is 0 Å². The Morgan fingerprint density at radius 2 is 1.82 bits per heavy atom. The molecule has 17 heavy (non-hydrogen) atoms. The van der Waals surface area contributed by atoms with E-state index in [2.05, 4.69) is 9.71 Å². The second-order valence-corrected chi connectivity index (χ2v) is 5.31. The van der Waals surface area contributed by atoms with E-state index in [1.54, 1.807) is 6.92 Å². The second-order valence-electron chi connectivity index (χ2n) is 3.21. The fraction of sp³-hybridized carbons (Fsp3) is 0.889. The lowest BCUT2D eigenvalue weighted by molar-refractivity contribution is 0.458. The van der Waals surface area contributed by atoms with E-state index in [1.807, 2.05) is 18.7 Å². The maximum atomic E-state index is 11.1. The molecule has 0 aliphatic heterocycles. The normalized spacial score (nSPS) is 12.1. The third-order valence-corrected chi connectivity index (χ3v) is 3.58. The summed E-state index contributed by atoms with van der Waals surface area (Å²) in [5.41, 5.74) is 5.72. The summed E-state index contributed by atoms with van der Waals surface area (Å²) in [4.78, 5) is 6.01. The molecule has 0 unspecified atom stereocenters. The quantitative estimate of drug-likeness (QED) is 0.287. The first-order valence-electron chi connectivity index (χ1n) is 5.49. The van der Waals surface area contributed by atoms with Crippen molar-refractivity contribution in [2.45, 2.75) is 20.8 Å². The largest absolute Gasteiger partial charge is 0.370 e. The molecule has 0 saturated carbocycles. The summed E-state index contributed by atoms with van der Waals surface area (Å²) in [6.07, 6.45) is 0. The lowest BCUT2D eigenvalue weighted by atomic mass is 10.5. The molecule has 0 aliphatic rings. The monoisotopic (exact) mass is 378 g/mol. The topological polar surface area (TPSA) is 87.8 Å². The molecular weight excluding hydrogens is 355 g/mol. The minimum atomic E-state index is -3.12. The predicted molar refractivity (Wildman–Crippen MR) is 82.3 cm³/mol. The van der Waals surface area contributed by atoms with E-state index in [1.165, 1.54) is 0 Å². The van der Waals surface area contributed by atoms with Gasteiger partial charge < -0.3 is 10.6 Å². The molecular formula is C9H23IN4O2S. The fourth-order valence-corrected chi connectivity index (χ4v) is 1.73. The van der Waals surface area contributed by atoms with Crippen molar-refractivity contribution in [3.8, 4) is 0 Å². The van der Waals surface area contributed by atoms with Crippen LogP contribution in [0.25, 0.3) is 0 Å². The number of guanidine groups is 1. The van der Waals surface area contributed by atoms with Gasteiger partial charge in [-0.3, -0.25) is 4.99 Å². The highest BCUT2D eigenvalue weighted by atomic mass is 127. The molecule has 0 atom stereocenters. The zero-order valence-corrected chi connectivity index (χ0v) is 13.8. The van der Waals surface area contributed by atoms with Crippen molar-refractivity contribution in [2.75, 3.05) is 31.9 Å². The van der Waals surface area contributed by atoms with E-state index in [0.717, 1.165) is 13.1 Å². The van der Waals surface area contributed by atoms with E-state index < -0.39 is 10.0 Å². The molecule has 0 aromatic carbocycles. The summed E-state index contributed by atoms with van der Waals surface area (Å²) < 4.78 is 24.6. The van der Waals surface area contributed by atoms with Crippen LogP contribution < -0.4 is 10.5 Å². The first-order valence-corrected chi connectivity index (χ1v) is 7.14. The summed E-state index contributed by atoms with van der Waals surface area (Å²) in [6, 6.07) is 0. The van der Waals surface area contributed by atoms with Crippen LogP contribution in [0.5, 0.6) is 0 Å². The highest BCUT2D eigenvalue weighted by molar-refractivity contribution is 14.0. The highest BCUT2D eigenvalue weighted by Crippen LogP contribution is 1.87. The average Bonchev–Trinajstić information content (AvgIpc) is 2.26. The Balaban J connectivity index is 0. The Labute approximate surface area is 121 Å². The number of hydrogen-bond acceptors (Lipinski definition) is 3. The molecule has 0 fully saturated rings. The zero-order valence-electron chi connectivity index (χ0n) is 10.6. The van der Waals surface area contributed by atoms with E-state index >= 15 is 0 Å². The van der Waals surface area contributed by atoms with Gasteiger partial charge in [-0.15, -0.1) is 24.0 Å². The minimum Gasteiger partial charge on any atom is -0.370 e. The van der Waals surface area contributed by atoms with Gasteiger partial charge in [0.25, 0.3) is 0 Å². The van der Waals surface area contributed by atoms with E-state index in [9.17, 15) is 8.42 Å². The molecule has 8 heteroatoms. The summed E-state index contributed by atoms with van der Waals surface area (Å²) >= 11 is 0. The fourth-order valence-electron chi connectivity index (χ4n) is 1.12. The van der Waals surface area contributed by atoms with E-state index in [4.69, 9.17) is 5.73 Å². The Kier molecular flexibility index (Phi) is 11.2. The van der Waals surface area contributed by atoms with Crippen molar-refractivity contribution < 1.29 is 8.42 Å². The van der Waals surface area contributed by atoms with Gasteiger partial charge in [-0.05, 0) is 20.8 Å². The van der Waals surface area contributed by atoms with Crippen LogP contribution in [-0.4, -0.2) is 51.2 Å². The second kappa shape index (κ2) is 9.89. The van der Waals surface area contributed by atoms with Crippen LogP contribution in [0.1, 0.15) is 20.8 Å². The van der Waals surface area contributed by atoms with Crippen molar-refractivity contribution >= 4 is 40.0 Å². The number of nitrogens with two attached hydrogens (primary N) is 1. The molecule has 0 heterocycles. The van der Waals surface area contributed by atoms with Crippen LogP contribution in [0.2, 0.25) is 0 Å². The van der Waals surface area contributed by atoms with Crippen LogP contribution in [0.3, 0.4) is 0 Å². The Morgan fingerprint density at radius 3 is 2.24 bits per heavy atom. The van der Waals surface area contributed by atoms with Gasteiger partial charge in [0.05, 0.1) is 12.3 Å². The van der Waals surface area contributed by atoms with Gasteiger partial charge in [-0.1, -0.05) is 0 Å². The first kappa shape index (κ1) is 19.3. The summed E-state index contributed by atoms with van der Waals surface area (Å²) in [5, 5.41) is 0. The SMILES string of the molecule is CCN(CC)C(N)=NCCNS(=O)(=O)CC.I. The van der Waals surface area contributed by atoms with Crippen LogP contribution in [-0.2, 0) is 10.0 Å². The van der Waals surface area contributed by atoms with Gasteiger partial charge in [0.2, 0.25) is 10.0 Å². The molecule has 0 saturated heterocycles. The number of sulfonamides is 1. The number of rotatable bonds is 7. The smallest absolute Gasteiger partial charge is 0.211 e. The number of nitrogens with one attached hydrogen (secondary N) is 1. The summed E-state index contributed by atoms with van der Waals surface area (Å²) in [6.45, 7) is 7.83. The molecule has 3 N–H and O–H groups in total. The lowest BCUT2D eigenvalue weighted by Gasteiger charge is -2.19. The standard InChI is InChI=1S/C9H22N4O2S.HI/c1-4-13(5-2)9(10)11-7-8-12-16(14,15)6-3;/h12H,4-8H2,1-3H3,(H2,10,11);1H. The Hall–Kier alpha value is -0.0900. The molecule has 0 amide bonds. The van der Waals surface area contributed by atoms with Gasteiger partial charge in [0.15, 0.2) is 5.96 Å². The van der Waals surface area contributed by atoms with Crippen molar-refractivity contribution in [3.05, 3.63) is 0 Å². The molecule has 0 spiro atoms. The maximum Gasteiger partial charge on any atom is 0.211 e.